The van der Waals surface area contributed by atoms with Crippen LogP contribution in [0.4, 0.5) is 0 Å². The van der Waals surface area contributed by atoms with Gasteiger partial charge in [-0.25, -0.2) is 4.79 Å². The molecule has 1 aromatic rings. The fourth-order valence-electron chi connectivity index (χ4n) is 1.91. The van der Waals surface area contributed by atoms with Crippen LogP contribution in [0.25, 0.3) is 6.08 Å². The molecule has 2 atom stereocenters. The lowest BCUT2D eigenvalue weighted by Crippen LogP contribution is -2.40. The number of carbonyl (C=O) groups is 1. The highest BCUT2D eigenvalue weighted by molar-refractivity contribution is 5.75. The molecule has 1 heterocycles. The second-order valence-corrected chi connectivity index (χ2v) is 5.20. The van der Waals surface area contributed by atoms with Gasteiger partial charge in [0.15, 0.2) is 6.10 Å². The number of hydrogen-bond donors (Lipinski definition) is 0. The lowest BCUT2D eigenvalue weighted by molar-refractivity contribution is -0.197. The summed E-state index contributed by atoms with van der Waals surface area (Å²) in [5, 5.41) is 0. The summed E-state index contributed by atoms with van der Waals surface area (Å²) < 4.78 is 16.5. The van der Waals surface area contributed by atoms with E-state index in [9.17, 15) is 4.79 Å². The Morgan fingerprint density at radius 2 is 2.05 bits per heavy atom. The summed E-state index contributed by atoms with van der Waals surface area (Å²) in [6.45, 7) is 8.88. The standard InChI is InChI=1S/C18H20O4/c1-5-15-8-10-16(11-9-15)21-14(3)17(19)22-18(4)13(2)7-6-12-20-18/h5-12,14H,1H2,2-4H3. The van der Waals surface area contributed by atoms with Crippen molar-refractivity contribution in [1.82, 2.24) is 0 Å². The van der Waals surface area contributed by atoms with E-state index in [-0.39, 0.29) is 0 Å². The van der Waals surface area contributed by atoms with E-state index in [1.54, 1.807) is 38.1 Å². The molecular formula is C18H20O4. The van der Waals surface area contributed by atoms with Gasteiger partial charge in [-0.2, -0.15) is 0 Å². The minimum absolute atomic E-state index is 0.488. The van der Waals surface area contributed by atoms with Crippen molar-refractivity contribution in [2.75, 3.05) is 0 Å². The van der Waals surface area contributed by atoms with Crippen LogP contribution in [0.1, 0.15) is 26.3 Å². The Hall–Kier alpha value is -2.49. The topological polar surface area (TPSA) is 44.8 Å². The van der Waals surface area contributed by atoms with Gasteiger partial charge in [0.1, 0.15) is 5.75 Å². The molecule has 0 N–H and O–H groups in total. The summed E-state index contributed by atoms with van der Waals surface area (Å²) in [5.74, 6) is -0.980. The zero-order chi connectivity index (χ0) is 16.2. The molecule has 4 nitrogen and oxygen atoms in total. The van der Waals surface area contributed by atoms with Crippen LogP contribution in [0.15, 0.2) is 54.8 Å². The number of carbonyl (C=O) groups excluding carboxylic acids is 1. The highest BCUT2D eigenvalue weighted by atomic mass is 16.7. The molecule has 1 aliphatic heterocycles. The predicted octanol–water partition coefficient (Wildman–Crippen LogP) is 3.85. The van der Waals surface area contributed by atoms with E-state index in [4.69, 9.17) is 14.2 Å². The monoisotopic (exact) mass is 300 g/mol. The molecule has 0 spiro atoms. The van der Waals surface area contributed by atoms with Gasteiger partial charge in [-0.3, -0.25) is 0 Å². The molecule has 0 saturated heterocycles. The average Bonchev–Trinajstić information content (AvgIpc) is 2.51. The van der Waals surface area contributed by atoms with Gasteiger partial charge in [-0.15, -0.1) is 0 Å². The molecule has 2 rings (SSSR count). The number of allylic oxidation sites excluding steroid dienone is 2. The Balaban J connectivity index is 1.98. The number of benzene rings is 1. The quantitative estimate of drug-likeness (QED) is 0.775. The molecule has 4 heteroatoms. The number of esters is 1. The highest BCUT2D eigenvalue weighted by Gasteiger charge is 2.35. The minimum Gasteiger partial charge on any atom is -0.479 e. The maximum Gasteiger partial charge on any atom is 0.350 e. The van der Waals surface area contributed by atoms with E-state index in [2.05, 4.69) is 6.58 Å². The Labute approximate surface area is 130 Å². The van der Waals surface area contributed by atoms with E-state index in [1.165, 1.54) is 6.26 Å². The Morgan fingerprint density at radius 3 is 2.64 bits per heavy atom. The second-order valence-electron chi connectivity index (χ2n) is 5.20. The smallest absolute Gasteiger partial charge is 0.350 e. The summed E-state index contributed by atoms with van der Waals surface area (Å²) in [5.41, 5.74) is 1.80. The first-order valence-corrected chi connectivity index (χ1v) is 7.08. The second kappa shape index (κ2) is 6.52. The van der Waals surface area contributed by atoms with Gasteiger partial charge in [0.2, 0.25) is 0 Å². The van der Waals surface area contributed by atoms with Crippen molar-refractivity contribution in [1.29, 1.82) is 0 Å². The maximum atomic E-state index is 12.2. The summed E-state index contributed by atoms with van der Waals surface area (Å²) in [6, 6.07) is 7.30. The fraction of sp³-hybridized carbons (Fsp3) is 0.278. The molecule has 0 aliphatic carbocycles. The van der Waals surface area contributed by atoms with Crippen LogP contribution in [0, 0.1) is 0 Å². The molecule has 0 amide bonds. The Kier molecular flexibility index (Phi) is 4.71. The third kappa shape index (κ3) is 3.58. The van der Waals surface area contributed by atoms with Gasteiger partial charge in [-0.05, 0) is 37.6 Å². The minimum atomic E-state index is -1.09. The van der Waals surface area contributed by atoms with Gasteiger partial charge in [0, 0.05) is 12.5 Å². The van der Waals surface area contributed by atoms with Crippen molar-refractivity contribution in [3.05, 3.63) is 60.4 Å². The molecule has 22 heavy (non-hydrogen) atoms. The number of ether oxygens (including phenoxy) is 3. The average molecular weight is 300 g/mol. The van der Waals surface area contributed by atoms with Crippen LogP contribution >= 0.6 is 0 Å². The highest BCUT2D eigenvalue weighted by Crippen LogP contribution is 2.27. The van der Waals surface area contributed by atoms with Crippen molar-refractivity contribution in [2.45, 2.75) is 32.7 Å². The van der Waals surface area contributed by atoms with Crippen LogP contribution < -0.4 is 4.74 Å². The largest absolute Gasteiger partial charge is 0.479 e. The van der Waals surface area contributed by atoms with Crippen molar-refractivity contribution in [3.63, 3.8) is 0 Å². The van der Waals surface area contributed by atoms with Gasteiger partial charge >= 0.3 is 5.97 Å². The van der Waals surface area contributed by atoms with Gasteiger partial charge in [0.05, 0.1) is 6.26 Å². The van der Waals surface area contributed by atoms with Crippen LogP contribution in [0.3, 0.4) is 0 Å². The first kappa shape index (κ1) is 15.9. The first-order chi connectivity index (χ1) is 10.4. The Bertz CT molecular complexity index is 612. The SMILES string of the molecule is C=Cc1ccc(OC(C)C(=O)OC2(C)OC=CC=C2C)cc1. The summed E-state index contributed by atoms with van der Waals surface area (Å²) in [4.78, 5) is 12.2. The normalized spacial score (nSPS) is 21.3. The van der Waals surface area contributed by atoms with Crippen molar-refractivity contribution < 1.29 is 19.0 Å². The molecule has 0 saturated carbocycles. The number of rotatable bonds is 5. The van der Waals surface area contributed by atoms with E-state index in [1.807, 2.05) is 25.1 Å². The van der Waals surface area contributed by atoms with Gasteiger partial charge in [0.25, 0.3) is 5.79 Å². The first-order valence-electron chi connectivity index (χ1n) is 7.08. The molecular weight excluding hydrogens is 280 g/mol. The van der Waals surface area contributed by atoms with Crippen LogP contribution in [0.2, 0.25) is 0 Å². The zero-order valence-corrected chi connectivity index (χ0v) is 13.0. The van der Waals surface area contributed by atoms with E-state index in [0.717, 1.165) is 11.1 Å². The molecule has 1 aromatic carbocycles. The molecule has 0 radical (unpaired) electrons. The predicted molar refractivity (Wildman–Crippen MR) is 85.1 cm³/mol. The van der Waals surface area contributed by atoms with Crippen molar-refractivity contribution >= 4 is 12.0 Å². The molecule has 1 aliphatic rings. The van der Waals surface area contributed by atoms with Gasteiger partial charge < -0.3 is 14.2 Å². The van der Waals surface area contributed by atoms with Crippen LogP contribution in [-0.4, -0.2) is 17.9 Å². The van der Waals surface area contributed by atoms with Gasteiger partial charge in [-0.1, -0.05) is 30.9 Å². The van der Waals surface area contributed by atoms with Crippen molar-refractivity contribution in [3.8, 4) is 5.75 Å². The van der Waals surface area contributed by atoms with E-state index >= 15 is 0 Å². The van der Waals surface area contributed by atoms with Crippen molar-refractivity contribution in [2.24, 2.45) is 0 Å². The maximum absolute atomic E-state index is 12.2. The Morgan fingerprint density at radius 1 is 1.36 bits per heavy atom. The number of hydrogen-bond acceptors (Lipinski definition) is 4. The van der Waals surface area contributed by atoms with E-state index in [0.29, 0.717) is 5.75 Å². The molecule has 2 unspecified atom stereocenters. The van der Waals surface area contributed by atoms with E-state index < -0.39 is 17.9 Å². The molecule has 0 bridgehead atoms. The lowest BCUT2D eigenvalue weighted by atomic mass is 10.1. The van der Waals surface area contributed by atoms with Crippen LogP contribution in [-0.2, 0) is 14.3 Å². The molecule has 0 aromatic heterocycles. The molecule has 116 valence electrons. The summed E-state index contributed by atoms with van der Waals surface area (Å²) in [7, 11) is 0. The fourth-order valence-corrected chi connectivity index (χ4v) is 1.91. The third-order valence-electron chi connectivity index (χ3n) is 3.49. The summed E-state index contributed by atoms with van der Waals surface area (Å²) in [6.07, 6.45) is 6.10. The molecule has 0 fully saturated rings. The lowest BCUT2D eigenvalue weighted by Gasteiger charge is -2.32. The zero-order valence-electron chi connectivity index (χ0n) is 13.0. The third-order valence-corrected chi connectivity index (χ3v) is 3.49. The summed E-state index contributed by atoms with van der Waals surface area (Å²) >= 11 is 0. The van der Waals surface area contributed by atoms with Crippen LogP contribution in [0.5, 0.6) is 5.75 Å².